The van der Waals surface area contributed by atoms with Crippen molar-refractivity contribution in [2.75, 3.05) is 0 Å². The first-order chi connectivity index (χ1) is 15.3. The van der Waals surface area contributed by atoms with Gasteiger partial charge in [-0.2, -0.15) is 5.26 Å². The SMILES string of the molecule is Cc1cc(-c2cc3ccc(=O)[nH]c3nc2-c2cccc(C#N)c2C)cc2c1S(=O)(=O)NC2. The molecule has 3 heterocycles. The summed E-state index contributed by atoms with van der Waals surface area (Å²) in [5, 5.41) is 10.2. The summed E-state index contributed by atoms with van der Waals surface area (Å²) in [7, 11) is -3.49. The van der Waals surface area contributed by atoms with Crippen LogP contribution >= 0.6 is 0 Å². The Labute approximate surface area is 184 Å². The molecule has 0 saturated heterocycles. The van der Waals surface area contributed by atoms with E-state index in [4.69, 9.17) is 4.98 Å². The lowest BCUT2D eigenvalue weighted by Gasteiger charge is -2.15. The minimum Gasteiger partial charge on any atom is -0.307 e. The van der Waals surface area contributed by atoms with Gasteiger partial charge in [-0.05, 0) is 66.4 Å². The average Bonchev–Trinajstić information content (AvgIpc) is 3.08. The number of H-pyrrole nitrogens is 1. The molecule has 8 heteroatoms. The van der Waals surface area contributed by atoms with Crippen molar-refractivity contribution in [1.29, 1.82) is 5.26 Å². The number of nitrogens with one attached hydrogen (secondary N) is 2. The van der Waals surface area contributed by atoms with Gasteiger partial charge in [0.2, 0.25) is 15.6 Å². The van der Waals surface area contributed by atoms with Crippen molar-refractivity contribution in [1.82, 2.24) is 14.7 Å². The summed E-state index contributed by atoms with van der Waals surface area (Å²) in [6, 6.07) is 16.4. The Morgan fingerprint density at radius 3 is 2.66 bits per heavy atom. The number of rotatable bonds is 2. The smallest absolute Gasteiger partial charge is 0.249 e. The molecule has 32 heavy (non-hydrogen) atoms. The molecule has 0 fully saturated rings. The van der Waals surface area contributed by atoms with Gasteiger partial charge in [-0.15, -0.1) is 0 Å². The Kier molecular flexibility index (Phi) is 4.48. The van der Waals surface area contributed by atoms with E-state index in [2.05, 4.69) is 15.8 Å². The van der Waals surface area contributed by atoms with Crippen LogP contribution in [-0.2, 0) is 16.6 Å². The number of hydrogen-bond donors (Lipinski definition) is 2. The largest absolute Gasteiger partial charge is 0.307 e. The highest BCUT2D eigenvalue weighted by atomic mass is 32.2. The topological polar surface area (TPSA) is 116 Å². The maximum Gasteiger partial charge on any atom is 0.249 e. The molecule has 0 aliphatic carbocycles. The molecule has 1 aliphatic heterocycles. The van der Waals surface area contributed by atoms with Gasteiger partial charge in [-0.3, -0.25) is 4.79 Å². The minimum atomic E-state index is -3.49. The van der Waals surface area contributed by atoms with Gasteiger partial charge in [0, 0.05) is 29.1 Å². The van der Waals surface area contributed by atoms with Crippen molar-refractivity contribution >= 4 is 21.1 Å². The van der Waals surface area contributed by atoms with Crippen molar-refractivity contribution in [2.24, 2.45) is 0 Å². The van der Waals surface area contributed by atoms with Crippen molar-refractivity contribution in [3.8, 4) is 28.5 Å². The maximum absolute atomic E-state index is 12.3. The van der Waals surface area contributed by atoms with Gasteiger partial charge >= 0.3 is 0 Å². The van der Waals surface area contributed by atoms with Crippen LogP contribution in [0.25, 0.3) is 33.4 Å². The molecule has 2 N–H and O–H groups in total. The van der Waals surface area contributed by atoms with Crippen LogP contribution in [-0.4, -0.2) is 18.4 Å². The number of nitriles is 1. The fourth-order valence-corrected chi connectivity index (χ4v) is 5.73. The summed E-state index contributed by atoms with van der Waals surface area (Å²) >= 11 is 0. The summed E-state index contributed by atoms with van der Waals surface area (Å²) in [4.78, 5) is 19.7. The number of fused-ring (bicyclic) bond motifs is 2. The van der Waals surface area contributed by atoms with Crippen LogP contribution in [0, 0.1) is 25.2 Å². The summed E-state index contributed by atoms with van der Waals surface area (Å²) in [5.41, 5.74) is 5.86. The highest BCUT2D eigenvalue weighted by Crippen LogP contribution is 2.38. The summed E-state index contributed by atoms with van der Waals surface area (Å²) in [5.74, 6) is 0. The van der Waals surface area contributed by atoms with Crippen LogP contribution in [0.4, 0.5) is 0 Å². The van der Waals surface area contributed by atoms with E-state index in [9.17, 15) is 18.5 Å². The normalized spacial score (nSPS) is 14.3. The van der Waals surface area contributed by atoms with E-state index in [1.807, 2.05) is 31.2 Å². The van der Waals surface area contributed by atoms with Gasteiger partial charge < -0.3 is 4.98 Å². The number of aromatic nitrogens is 2. The maximum atomic E-state index is 12.3. The molecule has 0 bridgehead atoms. The van der Waals surface area contributed by atoms with E-state index in [1.54, 1.807) is 25.1 Å². The Balaban J connectivity index is 1.85. The molecule has 0 amide bonds. The molecule has 0 spiro atoms. The third-order valence-electron chi connectivity index (χ3n) is 5.80. The number of pyridine rings is 2. The zero-order chi connectivity index (χ0) is 22.6. The number of hydrogen-bond acceptors (Lipinski definition) is 5. The van der Waals surface area contributed by atoms with Gasteiger partial charge in [0.15, 0.2) is 0 Å². The van der Waals surface area contributed by atoms with Gasteiger partial charge in [-0.1, -0.05) is 12.1 Å². The van der Waals surface area contributed by atoms with Crippen LogP contribution in [0.1, 0.15) is 22.3 Å². The second kappa shape index (κ2) is 7.12. The van der Waals surface area contributed by atoms with Crippen molar-refractivity contribution in [2.45, 2.75) is 25.3 Å². The number of benzene rings is 2. The monoisotopic (exact) mass is 442 g/mol. The lowest BCUT2D eigenvalue weighted by molar-refractivity contribution is 0.589. The molecule has 5 rings (SSSR count). The molecule has 0 unspecified atom stereocenters. The molecule has 0 saturated carbocycles. The number of aromatic amines is 1. The number of nitrogens with zero attached hydrogens (tertiary/aromatic N) is 2. The molecule has 0 radical (unpaired) electrons. The van der Waals surface area contributed by atoms with Gasteiger partial charge in [0.25, 0.3) is 0 Å². The fraction of sp³-hybridized carbons (Fsp3) is 0.125. The Hall–Kier alpha value is -3.80. The number of sulfonamides is 1. The molecular weight excluding hydrogens is 424 g/mol. The van der Waals surface area contributed by atoms with E-state index in [1.165, 1.54) is 6.07 Å². The van der Waals surface area contributed by atoms with Crippen LogP contribution < -0.4 is 10.3 Å². The first-order valence-electron chi connectivity index (χ1n) is 9.96. The second-order valence-electron chi connectivity index (χ2n) is 7.84. The van der Waals surface area contributed by atoms with Crippen LogP contribution in [0.2, 0.25) is 0 Å². The third-order valence-corrected chi connectivity index (χ3v) is 7.45. The lowest BCUT2D eigenvalue weighted by atomic mass is 9.92. The van der Waals surface area contributed by atoms with Crippen molar-refractivity contribution in [3.63, 3.8) is 0 Å². The first kappa shape index (κ1) is 20.1. The van der Waals surface area contributed by atoms with Crippen LogP contribution in [0.15, 0.2) is 58.2 Å². The second-order valence-corrected chi connectivity index (χ2v) is 9.54. The van der Waals surface area contributed by atoms with E-state index >= 15 is 0 Å². The highest BCUT2D eigenvalue weighted by Gasteiger charge is 2.28. The molecule has 2 aromatic carbocycles. The summed E-state index contributed by atoms with van der Waals surface area (Å²) in [6.45, 7) is 3.88. The van der Waals surface area contributed by atoms with Crippen LogP contribution in [0.3, 0.4) is 0 Å². The van der Waals surface area contributed by atoms with E-state index in [-0.39, 0.29) is 12.1 Å². The Bertz CT molecular complexity index is 1650. The zero-order valence-electron chi connectivity index (χ0n) is 17.4. The highest BCUT2D eigenvalue weighted by molar-refractivity contribution is 7.89. The van der Waals surface area contributed by atoms with E-state index in [0.717, 1.165) is 27.6 Å². The Morgan fingerprint density at radius 1 is 1.06 bits per heavy atom. The lowest BCUT2D eigenvalue weighted by Crippen LogP contribution is -2.14. The molecule has 0 atom stereocenters. The van der Waals surface area contributed by atoms with Crippen molar-refractivity contribution < 1.29 is 8.42 Å². The minimum absolute atomic E-state index is 0.235. The average molecular weight is 443 g/mol. The quantitative estimate of drug-likeness (QED) is 0.493. The molecule has 1 aliphatic rings. The molecule has 2 aromatic heterocycles. The van der Waals surface area contributed by atoms with Crippen LogP contribution in [0.5, 0.6) is 0 Å². The first-order valence-corrected chi connectivity index (χ1v) is 11.4. The van der Waals surface area contributed by atoms with Gasteiger partial charge in [-0.25, -0.2) is 18.1 Å². The standard InChI is InChI=1S/C24H18N4O3S/c1-13-8-17(9-18-12-26-32(30,31)23(13)18)20-10-15-6-7-21(29)27-24(15)28-22(20)19-5-3-4-16(11-25)14(19)2/h3-10,26H,12H2,1-2H3,(H,27,28,29). The summed E-state index contributed by atoms with van der Waals surface area (Å²) < 4.78 is 27.3. The molecule has 7 nitrogen and oxygen atoms in total. The number of aryl methyl sites for hydroxylation is 1. The predicted octanol–water partition coefficient (Wildman–Crippen LogP) is 3.54. The molecule has 4 aromatic rings. The predicted molar refractivity (Wildman–Crippen MR) is 121 cm³/mol. The van der Waals surface area contributed by atoms with Gasteiger partial charge in [0.1, 0.15) is 5.65 Å². The van der Waals surface area contributed by atoms with Gasteiger partial charge in [0.05, 0.1) is 22.2 Å². The van der Waals surface area contributed by atoms with E-state index < -0.39 is 10.0 Å². The van der Waals surface area contributed by atoms with E-state index in [0.29, 0.717) is 32.9 Å². The van der Waals surface area contributed by atoms with Crippen molar-refractivity contribution in [3.05, 3.63) is 81.1 Å². The summed E-state index contributed by atoms with van der Waals surface area (Å²) in [6.07, 6.45) is 0. The fourth-order valence-electron chi connectivity index (χ4n) is 4.28. The third kappa shape index (κ3) is 3.11. The zero-order valence-corrected chi connectivity index (χ0v) is 18.2. The molecular formula is C24H18N4O3S. The molecule has 158 valence electrons. The Morgan fingerprint density at radius 2 is 1.88 bits per heavy atom.